The van der Waals surface area contributed by atoms with Crippen LogP contribution in [0.2, 0.25) is 0 Å². The maximum absolute atomic E-state index is 13.3. The van der Waals surface area contributed by atoms with Crippen molar-refractivity contribution in [3.63, 3.8) is 0 Å². The lowest BCUT2D eigenvalue weighted by atomic mass is 10.1. The lowest BCUT2D eigenvalue weighted by molar-refractivity contribution is -0.121. The van der Waals surface area contributed by atoms with E-state index < -0.39 is 0 Å². The average molecular weight is 540 g/mol. The van der Waals surface area contributed by atoms with Gasteiger partial charge < -0.3 is 9.88 Å². The van der Waals surface area contributed by atoms with E-state index in [4.69, 9.17) is 0 Å². The number of unbranched alkanes of at least 4 members (excludes halogenated alkanes) is 8. The van der Waals surface area contributed by atoms with Crippen molar-refractivity contribution in [2.45, 2.75) is 88.6 Å². The van der Waals surface area contributed by atoms with Crippen LogP contribution < -0.4 is 10.9 Å². The number of carbonyl (C=O) groups excluding carboxylic acids is 1. The van der Waals surface area contributed by atoms with E-state index >= 15 is 0 Å². The third-order valence-electron chi connectivity index (χ3n) is 6.24. The summed E-state index contributed by atoms with van der Waals surface area (Å²) in [6, 6.07) is 6.21. The Labute approximate surface area is 228 Å². The second kappa shape index (κ2) is 16.7. The molecule has 0 bridgehead atoms. The van der Waals surface area contributed by atoms with E-state index in [9.17, 15) is 14.0 Å². The van der Waals surface area contributed by atoms with E-state index in [1.807, 2.05) is 0 Å². The number of rotatable bonds is 17. The highest BCUT2D eigenvalue weighted by molar-refractivity contribution is 7.98. The molecule has 2 aromatic heterocycles. The van der Waals surface area contributed by atoms with E-state index in [2.05, 4.69) is 27.2 Å². The Balaban J connectivity index is 1.57. The van der Waals surface area contributed by atoms with Gasteiger partial charge in [-0.25, -0.2) is 14.4 Å². The van der Waals surface area contributed by atoms with Crippen LogP contribution in [-0.4, -0.2) is 32.0 Å². The second-order valence-corrected chi connectivity index (χ2v) is 10.4. The number of benzene rings is 1. The Morgan fingerprint density at radius 1 is 0.947 bits per heavy atom. The number of nitrogens with zero attached hydrogens (tertiary/aromatic N) is 4. The molecule has 204 valence electrons. The summed E-state index contributed by atoms with van der Waals surface area (Å²) in [7, 11) is 0. The molecule has 0 aliphatic rings. The van der Waals surface area contributed by atoms with E-state index in [1.165, 1.54) is 75.2 Å². The summed E-state index contributed by atoms with van der Waals surface area (Å²) in [5, 5.41) is 3.45. The molecular formula is C29H38FN5O2S. The fourth-order valence-corrected chi connectivity index (χ4v) is 5.03. The van der Waals surface area contributed by atoms with Gasteiger partial charge in [-0.05, 0) is 29.7 Å². The van der Waals surface area contributed by atoms with Crippen molar-refractivity contribution in [3.05, 3.63) is 82.0 Å². The van der Waals surface area contributed by atoms with E-state index in [0.717, 1.165) is 24.0 Å². The van der Waals surface area contributed by atoms with Gasteiger partial charge in [-0.2, -0.15) is 4.98 Å². The molecule has 0 aliphatic heterocycles. The van der Waals surface area contributed by atoms with Crippen molar-refractivity contribution in [2.24, 2.45) is 0 Å². The molecule has 3 rings (SSSR count). The number of nitrogens with one attached hydrogen (secondary N) is 1. The van der Waals surface area contributed by atoms with Gasteiger partial charge in [-0.1, -0.05) is 82.2 Å². The molecule has 1 N–H and O–H groups in total. The van der Waals surface area contributed by atoms with Gasteiger partial charge in [0.1, 0.15) is 18.7 Å². The Kier molecular flexibility index (Phi) is 13.0. The van der Waals surface area contributed by atoms with Crippen molar-refractivity contribution < 1.29 is 9.18 Å². The normalized spacial score (nSPS) is 11.0. The summed E-state index contributed by atoms with van der Waals surface area (Å²) < 4.78 is 15.0. The Hall–Kier alpha value is -3.07. The fraction of sp³-hybridized carbons (Fsp3) is 0.483. The quantitative estimate of drug-likeness (QED) is 0.134. The van der Waals surface area contributed by atoms with Gasteiger partial charge >= 0.3 is 0 Å². The zero-order valence-electron chi connectivity index (χ0n) is 22.2. The fourth-order valence-electron chi connectivity index (χ4n) is 4.11. The van der Waals surface area contributed by atoms with Gasteiger partial charge in [0.25, 0.3) is 5.56 Å². The molecule has 0 radical (unpaired) electrons. The number of carbonyl (C=O) groups is 1. The molecular weight excluding hydrogens is 501 g/mol. The first-order valence-electron chi connectivity index (χ1n) is 13.5. The van der Waals surface area contributed by atoms with Crippen LogP contribution in [-0.2, 0) is 23.5 Å². The smallest absolute Gasteiger partial charge is 0.277 e. The highest BCUT2D eigenvalue weighted by Crippen LogP contribution is 2.21. The van der Waals surface area contributed by atoms with E-state index in [1.54, 1.807) is 35.3 Å². The van der Waals surface area contributed by atoms with Crippen LogP contribution in [0.3, 0.4) is 0 Å². The monoisotopic (exact) mass is 539 g/mol. The van der Waals surface area contributed by atoms with Crippen molar-refractivity contribution in [1.82, 2.24) is 24.8 Å². The average Bonchev–Trinajstić information content (AvgIpc) is 2.92. The van der Waals surface area contributed by atoms with Crippen LogP contribution in [0.5, 0.6) is 0 Å². The number of hydrogen-bond donors (Lipinski definition) is 1. The van der Waals surface area contributed by atoms with Crippen LogP contribution in [0, 0.1) is 5.82 Å². The molecule has 0 saturated carbocycles. The number of aromatic nitrogens is 4. The van der Waals surface area contributed by atoms with Crippen LogP contribution in [0.1, 0.15) is 81.4 Å². The van der Waals surface area contributed by atoms with Crippen LogP contribution in [0.15, 0.2) is 59.1 Å². The molecule has 9 heteroatoms. The van der Waals surface area contributed by atoms with Gasteiger partial charge in [-0.3, -0.25) is 9.59 Å². The highest BCUT2D eigenvalue weighted by Gasteiger charge is 2.13. The van der Waals surface area contributed by atoms with Gasteiger partial charge in [0.15, 0.2) is 5.16 Å². The minimum Gasteiger partial charge on any atom is -0.355 e. The second-order valence-electron chi connectivity index (χ2n) is 9.50. The van der Waals surface area contributed by atoms with E-state index in [0.29, 0.717) is 29.4 Å². The Morgan fingerprint density at radius 2 is 1.61 bits per heavy atom. The summed E-state index contributed by atoms with van der Waals surface area (Å²) in [6.45, 7) is 2.93. The molecule has 0 fully saturated rings. The van der Waals surface area contributed by atoms with Crippen LogP contribution >= 0.6 is 11.8 Å². The molecule has 0 unspecified atom stereocenters. The van der Waals surface area contributed by atoms with Crippen molar-refractivity contribution in [3.8, 4) is 0 Å². The predicted molar refractivity (Wildman–Crippen MR) is 150 cm³/mol. The molecule has 7 nitrogen and oxygen atoms in total. The minimum atomic E-state index is -0.346. The summed E-state index contributed by atoms with van der Waals surface area (Å²) in [6.07, 6.45) is 17.8. The molecule has 2 heterocycles. The zero-order chi connectivity index (χ0) is 27.0. The molecule has 1 aromatic carbocycles. The lowest BCUT2D eigenvalue weighted by Crippen LogP contribution is -2.30. The minimum absolute atomic E-state index is 0.0642. The molecule has 0 spiro atoms. The number of halogens is 1. The van der Waals surface area contributed by atoms with Crippen LogP contribution in [0.25, 0.3) is 0 Å². The lowest BCUT2D eigenvalue weighted by Gasteiger charge is -2.14. The topological polar surface area (TPSA) is 89.8 Å². The first-order valence-corrected chi connectivity index (χ1v) is 14.5. The van der Waals surface area contributed by atoms with Crippen molar-refractivity contribution in [2.75, 3.05) is 6.54 Å². The number of hydrogen-bond acceptors (Lipinski definition) is 6. The maximum Gasteiger partial charge on any atom is 0.277 e. The number of amides is 1. The SMILES string of the molecule is CCCCCCCCCCCNC(=O)Cn1cc(Cc2cncnc2)c(=O)nc1SCc1ccc(F)cc1. The molecule has 1 amide bonds. The summed E-state index contributed by atoms with van der Waals surface area (Å²) in [5.74, 6) is 0.0814. The number of thioether (sulfide) groups is 1. The summed E-state index contributed by atoms with van der Waals surface area (Å²) in [5.41, 5.74) is 1.82. The Morgan fingerprint density at radius 3 is 2.29 bits per heavy atom. The first kappa shape index (κ1) is 29.5. The summed E-state index contributed by atoms with van der Waals surface area (Å²) in [4.78, 5) is 37.8. The molecule has 0 atom stereocenters. The zero-order valence-corrected chi connectivity index (χ0v) is 23.0. The summed E-state index contributed by atoms with van der Waals surface area (Å²) >= 11 is 1.35. The van der Waals surface area contributed by atoms with Gasteiger partial charge in [0.2, 0.25) is 5.91 Å². The molecule has 3 aromatic rings. The van der Waals surface area contributed by atoms with Crippen LogP contribution in [0.4, 0.5) is 4.39 Å². The molecule has 0 saturated heterocycles. The van der Waals surface area contributed by atoms with Gasteiger partial charge in [0.05, 0.1) is 0 Å². The van der Waals surface area contributed by atoms with Crippen molar-refractivity contribution in [1.29, 1.82) is 0 Å². The van der Waals surface area contributed by atoms with Gasteiger partial charge in [0, 0.05) is 42.9 Å². The van der Waals surface area contributed by atoms with Gasteiger partial charge in [-0.15, -0.1) is 0 Å². The Bertz CT molecular complexity index is 1170. The third-order valence-corrected chi connectivity index (χ3v) is 7.30. The maximum atomic E-state index is 13.3. The van der Waals surface area contributed by atoms with E-state index in [-0.39, 0.29) is 23.8 Å². The first-order chi connectivity index (χ1) is 18.5. The predicted octanol–water partition coefficient (Wildman–Crippen LogP) is 5.70. The highest BCUT2D eigenvalue weighted by atomic mass is 32.2. The van der Waals surface area contributed by atoms with Crippen molar-refractivity contribution >= 4 is 17.7 Å². The standard InChI is InChI=1S/C29H38FN5O2S/c1-2-3-4-5-6-7-8-9-10-15-33-27(36)20-35-19-25(16-24-17-31-22-32-18-24)28(37)34-29(35)38-21-23-11-13-26(30)14-12-23/h11-14,17-19,22H,2-10,15-16,20-21H2,1H3,(H,33,36). The molecule has 38 heavy (non-hydrogen) atoms. The molecule has 0 aliphatic carbocycles. The third kappa shape index (κ3) is 10.7. The largest absolute Gasteiger partial charge is 0.355 e.